The first-order valence-electron chi connectivity index (χ1n) is 5.53. The van der Waals surface area contributed by atoms with Crippen molar-refractivity contribution in [1.82, 2.24) is 4.98 Å². The van der Waals surface area contributed by atoms with Gasteiger partial charge < -0.3 is 9.84 Å². The van der Waals surface area contributed by atoms with Gasteiger partial charge in [-0.25, -0.2) is 9.78 Å². The van der Waals surface area contributed by atoms with Crippen LogP contribution in [0.25, 0.3) is 11.3 Å². The van der Waals surface area contributed by atoms with Crippen molar-refractivity contribution in [1.29, 1.82) is 0 Å². The third-order valence-corrected chi connectivity index (χ3v) is 2.47. The van der Waals surface area contributed by atoms with Gasteiger partial charge in [0.2, 0.25) is 5.95 Å². The molecule has 0 aliphatic heterocycles. The van der Waals surface area contributed by atoms with Crippen molar-refractivity contribution < 1.29 is 32.2 Å². The molecule has 0 radical (unpaired) electrons. The van der Waals surface area contributed by atoms with Crippen LogP contribution in [0.5, 0.6) is 5.75 Å². The van der Waals surface area contributed by atoms with Crippen molar-refractivity contribution in [3.63, 3.8) is 0 Å². The summed E-state index contributed by atoms with van der Waals surface area (Å²) < 4.78 is 54.2. The average molecular weight is 301 g/mol. The Bertz CT molecular complexity index is 685. The van der Waals surface area contributed by atoms with Crippen molar-refractivity contribution in [2.45, 2.75) is 6.36 Å². The lowest BCUT2D eigenvalue weighted by Gasteiger charge is -2.12. The minimum absolute atomic E-state index is 0.106. The zero-order valence-electron chi connectivity index (χ0n) is 10.2. The number of ether oxygens (including phenoxy) is 1. The summed E-state index contributed by atoms with van der Waals surface area (Å²) in [6.07, 6.45) is -4.91. The Balaban J connectivity index is 2.47. The topological polar surface area (TPSA) is 59.4 Å². The van der Waals surface area contributed by atoms with E-state index in [0.29, 0.717) is 0 Å². The number of aromatic carboxylic acids is 1. The van der Waals surface area contributed by atoms with E-state index in [1.165, 1.54) is 18.2 Å². The van der Waals surface area contributed by atoms with Gasteiger partial charge in [0.1, 0.15) is 11.3 Å². The van der Waals surface area contributed by atoms with E-state index < -0.39 is 29.6 Å². The second-order valence-corrected chi connectivity index (χ2v) is 3.88. The summed E-state index contributed by atoms with van der Waals surface area (Å²) in [6, 6.07) is 7.06. The van der Waals surface area contributed by atoms with Crippen LogP contribution in [0.1, 0.15) is 10.4 Å². The van der Waals surface area contributed by atoms with E-state index in [0.717, 1.165) is 18.2 Å². The summed E-state index contributed by atoms with van der Waals surface area (Å²) in [6.45, 7) is 0. The Hall–Kier alpha value is -2.64. The van der Waals surface area contributed by atoms with Crippen LogP contribution >= 0.6 is 0 Å². The van der Waals surface area contributed by atoms with E-state index in [1.807, 2.05) is 0 Å². The van der Waals surface area contributed by atoms with Gasteiger partial charge in [-0.1, -0.05) is 12.1 Å². The Morgan fingerprint density at radius 1 is 1.14 bits per heavy atom. The lowest BCUT2D eigenvalue weighted by Crippen LogP contribution is -2.17. The summed E-state index contributed by atoms with van der Waals surface area (Å²) in [5.74, 6) is -3.37. The number of benzene rings is 1. The first-order valence-corrected chi connectivity index (χ1v) is 5.53. The minimum Gasteiger partial charge on any atom is -0.478 e. The van der Waals surface area contributed by atoms with Crippen LogP contribution in [0.4, 0.5) is 17.6 Å². The fourth-order valence-electron chi connectivity index (χ4n) is 1.64. The first-order chi connectivity index (χ1) is 9.78. The van der Waals surface area contributed by atoms with Crippen LogP contribution in [0.2, 0.25) is 0 Å². The minimum atomic E-state index is -4.91. The molecule has 2 rings (SSSR count). The zero-order chi connectivity index (χ0) is 15.6. The van der Waals surface area contributed by atoms with Crippen LogP contribution in [0.15, 0.2) is 36.4 Å². The maximum absolute atomic E-state index is 13.5. The van der Waals surface area contributed by atoms with E-state index in [2.05, 4.69) is 9.72 Å². The first kappa shape index (κ1) is 14.8. The molecule has 0 bridgehead atoms. The number of nitrogens with zero attached hydrogens (tertiary/aromatic N) is 1. The van der Waals surface area contributed by atoms with Gasteiger partial charge in [-0.15, -0.1) is 13.2 Å². The molecular weight excluding hydrogens is 294 g/mol. The SMILES string of the molecule is O=C(O)c1ccc(-c2ccccc2OC(F)(F)F)nc1F. The fourth-order valence-corrected chi connectivity index (χ4v) is 1.64. The number of alkyl halides is 3. The Labute approximate surface area is 115 Å². The summed E-state index contributed by atoms with van der Waals surface area (Å²) in [5.41, 5.74) is -0.948. The highest BCUT2D eigenvalue weighted by molar-refractivity contribution is 5.88. The molecule has 2 aromatic rings. The summed E-state index contributed by atoms with van der Waals surface area (Å²) in [5, 5.41) is 8.68. The highest BCUT2D eigenvalue weighted by Gasteiger charge is 2.32. The van der Waals surface area contributed by atoms with Gasteiger partial charge in [0.15, 0.2) is 0 Å². The number of aromatic nitrogens is 1. The molecule has 0 fully saturated rings. The molecule has 0 saturated carbocycles. The monoisotopic (exact) mass is 301 g/mol. The molecule has 1 N–H and O–H groups in total. The van der Waals surface area contributed by atoms with Crippen LogP contribution in [0, 0.1) is 5.95 Å². The molecule has 1 aromatic carbocycles. The lowest BCUT2D eigenvalue weighted by molar-refractivity contribution is -0.274. The van der Waals surface area contributed by atoms with Gasteiger partial charge in [-0.05, 0) is 24.3 Å². The van der Waals surface area contributed by atoms with Crippen molar-refractivity contribution in [3.05, 3.63) is 47.9 Å². The standard InChI is InChI=1S/C13H7F4NO3/c14-11-8(12(19)20)5-6-9(18-11)7-3-1-2-4-10(7)21-13(15,16)17/h1-6H,(H,19,20). The molecule has 0 spiro atoms. The third kappa shape index (κ3) is 3.47. The average Bonchev–Trinajstić information content (AvgIpc) is 2.36. The van der Waals surface area contributed by atoms with Gasteiger partial charge in [-0.3, -0.25) is 0 Å². The van der Waals surface area contributed by atoms with Crippen LogP contribution in [-0.4, -0.2) is 22.4 Å². The molecule has 0 unspecified atom stereocenters. The van der Waals surface area contributed by atoms with Gasteiger partial charge >= 0.3 is 12.3 Å². The maximum Gasteiger partial charge on any atom is 0.573 e. The Morgan fingerprint density at radius 3 is 2.38 bits per heavy atom. The molecule has 1 heterocycles. The van der Waals surface area contributed by atoms with E-state index in [1.54, 1.807) is 0 Å². The number of rotatable bonds is 3. The van der Waals surface area contributed by atoms with Gasteiger partial charge in [0.25, 0.3) is 0 Å². The molecule has 1 aromatic heterocycles. The predicted molar refractivity (Wildman–Crippen MR) is 63.3 cm³/mol. The van der Waals surface area contributed by atoms with Crippen molar-refractivity contribution >= 4 is 5.97 Å². The fraction of sp³-hybridized carbons (Fsp3) is 0.0769. The Morgan fingerprint density at radius 2 is 1.81 bits per heavy atom. The number of carboxylic acids is 1. The number of halogens is 4. The Kier molecular flexibility index (Phi) is 3.79. The molecule has 0 atom stereocenters. The molecule has 110 valence electrons. The van der Waals surface area contributed by atoms with E-state index in [4.69, 9.17) is 5.11 Å². The number of carboxylic acid groups (broad SMARTS) is 1. The van der Waals surface area contributed by atoms with Crippen LogP contribution in [0.3, 0.4) is 0 Å². The zero-order valence-corrected chi connectivity index (χ0v) is 10.2. The molecule has 0 aliphatic rings. The van der Waals surface area contributed by atoms with Gasteiger partial charge in [0.05, 0.1) is 5.69 Å². The van der Waals surface area contributed by atoms with Crippen LogP contribution < -0.4 is 4.74 Å². The second kappa shape index (κ2) is 5.39. The molecule has 21 heavy (non-hydrogen) atoms. The van der Waals surface area contributed by atoms with Crippen LogP contribution in [-0.2, 0) is 0 Å². The summed E-state index contributed by atoms with van der Waals surface area (Å²) >= 11 is 0. The smallest absolute Gasteiger partial charge is 0.478 e. The molecule has 8 heteroatoms. The number of para-hydroxylation sites is 1. The number of hydrogen-bond acceptors (Lipinski definition) is 3. The third-order valence-electron chi connectivity index (χ3n) is 2.47. The number of pyridine rings is 1. The molecule has 0 saturated heterocycles. The summed E-state index contributed by atoms with van der Waals surface area (Å²) in [7, 11) is 0. The number of hydrogen-bond donors (Lipinski definition) is 1. The quantitative estimate of drug-likeness (QED) is 0.696. The highest BCUT2D eigenvalue weighted by atomic mass is 19.4. The van der Waals surface area contributed by atoms with E-state index >= 15 is 0 Å². The van der Waals surface area contributed by atoms with Gasteiger partial charge in [-0.2, -0.15) is 4.39 Å². The molecule has 0 aliphatic carbocycles. The molecule has 4 nitrogen and oxygen atoms in total. The molecular formula is C13H7F4NO3. The largest absolute Gasteiger partial charge is 0.573 e. The van der Waals surface area contributed by atoms with Crippen molar-refractivity contribution in [2.24, 2.45) is 0 Å². The highest BCUT2D eigenvalue weighted by Crippen LogP contribution is 2.32. The number of carbonyl (C=O) groups is 1. The normalized spacial score (nSPS) is 11.2. The predicted octanol–water partition coefficient (Wildman–Crippen LogP) is 3.48. The lowest BCUT2D eigenvalue weighted by atomic mass is 10.1. The van der Waals surface area contributed by atoms with Crippen molar-refractivity contribution in [3.8, 4) is 17.0 Å². The van der Waals surface area contributed by atoms with E-state index in [-0.39, 0.29) is 11.3 Å². The van der Waals surface area contributed by atoms with E-state index in [9.17, 15) is 22.4 Å². The molecule has 0 amide bonds. The summed E-state index contributed by atoms with van der Waals surface area (Å²) in [4.78, 5) is 14.0. The maximum atomic E-state index is 13.5. The second-order valence-electron chi connectivity index (χ2n) is 3.88. The van der Waals surface area contributed by atoms with Crippen molar-refractivity contribution in [2.75, 3.05) is 0 Å². The van der Waals surface area contributed by atoms with Gasteiger partial charge in [0, 0.05) is 5.56 Å².